The first kappa shape index (κ1) is 33.4. The van der Waals surface area contributed by atoms with Crippen molar-refractivity contribution >= 4 is 37.1 Å². The second-order valence-corrected chi connectivity index (χ2v) is 17.0. The second kappa shape index (κ2) is 17.1. The molecule has 0 bridgehead atoms. The summed E-state index contributed by atoms with van der Waals surface area (Å²) in [7, 11) is 3.75. The third kappa shape index (κ3) is 8.35. The second-order valence-electron chi connectivity index (χ2n) is 12.1. The van der Waals surface area contributed by atoms with Crippen molar-refractivity contribution in [1.29, 1.82) is 0 Å². The summed E-state index contributed by atoms with van der Waals surface area (Å²) in [4.78, 5) is 2.41. The van der Waals surface area contributed by atoms with Crippen LogP contribution in [-0.2, 0) is 17.1 Å². The van der Waals surface area contributed by atoms with Gasteiger partial charge in [-0.1, -0.05) is 106 Å². The Hall–Kier alpha value is -1.52. The molecule has 6 rings (SSSR count). The predicted octanol–water partition coefficient (Wildman–Crippen LogP) is 8.96. The van der Waals surface area contributed by atoms with Gasteiger partial charge in [-0.15, -0.1) is 18.8 Å². The molecule has 0 spiro atoms. The summed E-state index contributed by atoms with van der Waals surface area (Å²) >= 11 is 0. The van der Waals surface area contributed by atoms with Gasteiger partial charge in [-0.25, -0.2) is 6.07 Å². The standard InChI is InChI=1S/C33H44NP2.C5H5.Fe/c1-26(34(2)3)31-24-25-32(35(27-16-8-4-9-17-27)28-18-10-5-11-19-28)33(31)36(29-20-12-6-13-21-29)30-22-14-7-15-23-30;1-2-4-5-3-1;/h6-7,12-15,20-28H,4-5,8-11,16-19H2,1-3H3;1-5H;/q-1;-5;. The molecule has 0 aliphatic heterocycles. The van der Waals surface area contributed by atoms with Crippen molar-refractivity contribution in [2.24, 2.45) is 0 Å². The minimum atomic E-state index is -0.593. The van der Waals surface area contributed by atoms with Crippen LogP contribution in [0.3, 0.4) is 0 Å². The summed E-state index contributed by atoms with van der Waals surface area (Å²) in [5.74, 6) is 0. The van der Waals surface area contributed by atoms with E-state index in [1.807, 2.05) is 30.3 Å². The van der Waals surface area contributed by atoms with Crippen molar-refractivity contribution in [2.45, 2.75) is 88.5 Å². The fraction of sp³-hybridized carbons (Fsp3) is 0.421. The molecule has 0 N–H and O–H groups in total. The van der Waals surface area contributed by atoms with E-state index in [1.54, 1.807) is 16.2 Å². The van der Waals surface area contributed by atoms with Crippen LogP contribution in [0.1, 0.15) is 82.7 Å². The molecule has 0 saturated heterocycles. The largest absolute Gasteiger partial charge is 0.748 e. The van der Waals surface area contributed by atoms with E-state index in [9.17, 15) is 0 Å². The Morgan fingerprint density at radius 1 is 0.667 bits per heavy atom. The molecule has 0 radical (unpaired) electrons. The fourth-order valence-electron chi connectivity index (χ4n) is 6.83. The van der Waals surface area contributed by atoms with Gasteiger partial charge in [0.2, 0.25) is 0 Å². The van der Waals surface area contributed by atoms with Crippen LogP contribution in [-0.4, -0.2) is 30.3 Å². The Labute approximate surface area is 269 Å². The van der Waals surface area contributed by atoms with Crippen molar-refractivity contribution in [3.8, 4) is 0 Å². The van der Waals surface area contributed by atoms with E-state index in [2.05, 4.69) is 98.7 Å². The van der Waals surface area contributed by atoms with Crippen LogP contribution in [0.25, 0.3) is 0 Å². The molecule has 230 valence electrons. The van der Waals surface area contributed by atoms with Gasteiger partial charge >= 0.3 is 0 Å². The van der Waals surface area contributed by atoms with Gasteiger partial charge in [0, 0.05) is 17.1 Å². The molecule has 4 aromatic rings. The number of hydrogen-bond donors (Lipinski definition) is 0. The van der Waals surface area contributed by atoms with Crippen LogP contribution in [0.15, 0.2) is 103 Å². The molecule has 4 heteroatoms. The first-order valence-corrected chi connectivity index (χ1v) is 18.8. The number of benzene rings is 2. The van der Waals surface area contributed by atoms with Gasteiger partial charge in [0.1, 0.15) is 0 Å². The molecule has 1 nitrogen and oxygen atoms in total. The van der Waals surface area contributed by atoms with Crippen molar-refractivity contribution in [1.82, 2.24) is 4.90 Å². The molecule has 1 atom stereocenters. The normalized spacial score (nSPS) is 17.1. The summed E-state index contributed by atoms with van der Waals surface area (Å²) in [6.07, 6.45) is 14.5. The third-order valence-corrected chi connectivity index (χ3v) is 15.5. The predicted molar refractivity (Wildman–Crippen MR) is 185 cm³/mol. The zero-order valence-electron chi connectivity index (χ0n) is 25.8. The SMILES string of the molecule is CC([c-]1ccc(P(C2CCCCC2)C2CCCCC2)c1P(c1ccccc1)c1ccccc1)N(C)C.[Fe].[cH-]1[cH-][cH-][cH-][cH-]1. The van der Waals surface area contributed by atoms with Gasteiger partial charge in [-0.2, -0.15) is 11.4 Å². The van der Waals surface area contributed by atoms with Crippen LogP contribution in [0.5, 0.6) is 0 Å². The minimum Gasteiger partial charge on any atom is -0.748 e. The van der Waals surface area contributed by atoms with E-state index in [4.69, 9.17) is 0 Å². The number of nitrogens with zero attached hydrogens (tertiary/aromatic N) is 1. The summed E-state index contributed by atoms with van der Waals surface area (Å²) < 4.78 is 0. The van der Waals surface area contributed by atoms with Crippen molar-refractivity contribution in [3.63, 3.8) is 0 Å². The first-order valence-electron chi connectivity index (χ1n) is 16.0. The van der Waals surface area contributed by atoms with E-state index in [-0.39, 0.29) is 25.0 Å². The number of rotatable bonds is 8. The first-order chi connectivity index (χ1) is 20.1. The van der Waals surface area contributed by atoms with Crippen molar-refractivity contribution < 1.29 is 17.1 Å². The molecular weight excluding hydrogens is 588 g/mol. The maximum Gasteiger partial charge on any atom is 0 e. The third-order valence-electron chi connectivity index (χ3n) is 9.18. The van der Waals surface area contributed by atoms with Crippen LogP contribution in [0, 0.1) is 0 Å². The Morgan fingerprint density at radius 3 is 1.50 bits per heavy atom. The van der Waals surface area contributed by atoms with E-state index in [0.29, 0.717) is 6.04 Å². The Bertz CT molecular complexity index is 1180. The van der Waals surface area contributed by atoms with Gasteiger partial charge < -0.3 is 35.2 Å². The summed E-state index contributed by atoms with van der Waals surface area (Å²) in [6.45, 7) is 2.41. The van der Waals surface area contributed by atoms with Crippen LogP contribution >= 0.6 is 15.8 Å². The van der Waals surface area contributed by atoms with Crippen molar-refractivity contribution in [3.05, 3.63) is 109 Å². The molecule has 2 aliphatic rings. The van der Waals surface area contributed by atoms with Crippen LogP contribution < -0.4 is 21.2 Å². The van der Waals surface area contributed by atoms with Gasteiger partial charge in [-0.05, 0) is 75.7 Å². The van der Waals surface area contributed by atoms with E-state index in [1.165, 1.54) is 74.8 Å². The molecule has 0 amide bonds. The zero-order chi connectivity index (χ0) is 28.4. The maximum atomic E-state index is 2.63. The van der Waals surface area contributed by atoms with E-state index >= 15 is 0 Å². The molecule has 0 heterocycles. The molecule has 2 fully saturated rings. The molecule has 1 unspecified atom stereocenters. The molecular formula is C38H49FeNP2-6. The molecule has 42 heavy (non-hydrogen) atoms. The fourth-order valence-corrected chi connectivity index (χ4v) is 13.9. The van der Waals surface area contributed by atoms with Gasteiger partial charge in [-0.3, -0.25) is 0 Å². The van der Waals surface area contributed by atoms with Crippen molar-refractivity contribution in [2.75, 3.05) is 14.1 Å². The minimum absolute atomic E-state index is 0. The zero-order valence-corrected chi connectivity index (χ0v) is 28.7. The molecule has 4 aromatic carbocycles. The summed E-state index contributed by atoms with van der Waals surface area (Å²) in [5.41, 5.74) is 3.42. The number of hydrogen-bond acceptors (Lipinski definition) is 1. The Kier molecular flexibility index (Phi) is 13.6. The van der Waals surface area contributed by atoms with Gasteiger partial charge in [0.25, 0.3) is 0 Å². The van der Waals surface area contributed by atoms with E-state index < -0.39 is 7.92 Å². The average Bonchev–Trinajstić information content (AvgIpc) is 3.74. The van der Waals surface area contributed by atoms with Crippen LogP contribution in [0.2, 0.25) is 0 Å². The molecule has 0 aromatic heterocycles. The monoisotopic (exact) mass is 637 g/mol. The Morgan fingerprint density at radius 2 is 1.10 bits per heavy atom. The maximum absolute atomic E-state index is 2.63. The van der Waals surface area contributed by atoms with Crippen LogP contribution in [0.4, 0.5) is 0 Å². The average molecular weight is 638 g/mol. The smallest absolute Gasteiger partial charge is 0 e. The summed E-state index contributed by atoms with van der Waals surface area (Å²) in [6, 6.07) is 38.5. The molecule has 2 saturated carbocycles. The van der Waals surface area contributed by atoms with Gasteiger partial charge in [0.05, 0.1) is 0 Å². The van der Waals surface area contributed by atoms with Gasteiger partial charge in [0.15, 0.2) is 0 Å². The van der Waals surface area contributed by atoms with E-state index in [0.717, 1.165) is 11.3 Å². The topological polar surface area (TPSA) is 3.24 Å². The summed E-state index contributed by atoms with van der Waals surface area (Å²) in [5, 5.41) is 6.50. The molecule has 2 aliphatic carbocycles. The quantitative estimate of drug-likeness (QED) is 0.106. The Balaban J connectivity index is 0.000000612.